The van der Waals surface area contributed by atoms with Gasteiger partial charge in [-0.1, -0.05) is 43.2 Å². The first kappa shape index (κ1) is 18.2. The average molecular weight is 339 g/mol. The van der Waals surface area contributed by atoms with Gasteiger partial charge in [-0.2, -0.15) is 0 Å². The van der Waals surface area contributed by atoms with Crippen molar-refractivity contribution in [2.75, 3.05) is 39.4 Å². The number of amides is 1. The van der Waals surface area contributed by atoms with Gasteiger partial charge in [0.1, 0.15) is 0 Å². The smallest absolute Gasteiger partial charge is 0.234 e. The second-order valence-electron chi connectivity index (χ2n) is 6.52. The molecule has 23 heavy (non-hydrogen) atoms. The predicted molar refractivity (Wildman–Crippen MR) is 94.1 cm³/mol. The molecule has 1 aliphatic heterocycles. The topological polar surface area (TPSA) is 41.6 Å². The van der Waals surface area contributed by atoms with E-state index >= 15 is 0 Å². The van der Waals surface area contributed by atoms with Gasteiger partial charge in [0.05, 0.1) is 19.8 Å². The van der Waals surface area contributed by atoms with Crippen molar-refractivity contribution in [1.82, 2.24) is 10.2 Å². The van der Waals surface area contributed by atoms with E-state index in [0.717, 1.165) is 32.8 Å². The Kier molecular flexibility index (Phi) is 6.88. The van der Waals surface area contributed by atoms with Gasteiger partial charge in [0, 0.05) is 25.0 Å². The molecular formula is C18H27ClN2O2. The molecule has 1 aliphatic carbocycles. The molecule has 1 amide bonds. The molecule has 0 unspecified atom stereocenters. The summed E-state index contributed by atoms with van der Waals surface area (Å²) >= 11 is 0. The zero-order valence-corrected chi connectivity index (χ0v) is 14.4. The molecule has 2 aliphatic rings. The summed E-state index contributed by atoms with van der Waals surface area (Å²) in [5, 5.41) is 3.19. The number of hydrogen-bond donors (Lipinski definition) is 1. The standard InChI is InChI=1S/C18H26N2O2.ClH/c21-17(14-20-10-12-22-13-11-20)19-15-18(8-4-5-9-18)16-6-2-1-3-7-16;/h1-3,6-7H,4-5,8-15H2,(H,19,21);1H. The summed E-state index contributed by atoms with van der Waals surface area (Å²) < 4.78 is 5.32. The lowest BCUT2D eigenvalue weighted by Gasteiger charge is -2.31. The Hall–Kier alpha value is -1.10. The van der Waals surface area contributed by atoms with Crippen molar-refractivity contribution >= 4 is 18.3 Å². The molecule has 1 heterocycles. The van der Waals surface area contributed by atoms with Crippen LogP contribution in [-0.4, -0.2) is 50.2 Å². The van der Waals surface area contributed by atoms with Crippen LogP contribution in [0, 0.1) is 0 Å². The molecule has 1 saturated carbocycles. The van der Waals surface area contributed by atoms with Crippen LogP contribution in [0.15, 0.2) is 30.3 Å². The molecule has 1 saturated heterocycles. The van der Waals surface area contributed by atoms with Crippen molar-refractivity contribution in [3.8, 4) is 0 Å². The largest absolute Gasteiger partial charge is 0.379 e. The van der Waals surface area contributed by atoms with Crippen LogP contribution in [0.5, 0.6) is 0 Å². The van der Waals surface area contributed by atoms with Crippen LogP contribution in [0.3, 0.4) is 0 Å². The minimum atomic E-state index is 0. The number of ether oxygens (including phenoxy) is 1. The summed E-state index contributed by atoms with van der Waals surface area (Å²) in [6.07, 6.45) is 4.87. The van der Waals surface area contributed by atoms with Gasteiger partial charge >= 0.3 is 0 Å². The second-order valence-corrected chi connectivity index (χ2v) is 6.52. The van der Waals surface area contributed by atoms with E-state index in [9.17, 15) is 4.79 Å². The van der Waals surface area contributed by atoms with Crippen molar-refractivity contribution in [3.63, 3.8) is 0 Å². The van der Waals surface area contributed by atoms with Crippen LogP contribution in [0.2, 0.25) is 0 Å². The lowest BCUT2D eigenvalue weighted by atomic mass is 9.79. The van der Waals surface area contributed by atoms with Gasteiger partial charge in [0.15, 0.2) is 0 Å². The van der Waals surface area contributed by atoms with E-state index in [2.05, 4.69) is 40.5 Å². The average Bonchev–Trinajstić information content (AvgIpc) is 3.05. The molecule has 4 nitrogen and oxygen atoms in total. The highest BCUT2D eigenvalue weighted by Crippen LogP contribution is 2.40. The van der Waals surface area contributed by atoms with Gasteiger partial charge in [-0.05, 0) is 18.4 Å². The summed E-state index contributed by atoms with van der Waals surface area (Å²) in [7, 11) is 0. The monoisotopic (exact) mass is 338 g/mol. The highest BCUT2D eigenvalue weighted by molar-refractivity contribution is 5.85. The second kappa shape index (κ2) is 8.67. The quantitative estimate of drug-likeness (QED) is 0.896. The Bertz CT molecular complexity index is 483. The van der Waals surface area contributed by atoms with Gasteiger partial charge in [-0.25, -0.2) is 0 Å². The minimum absolute atomic E-state index is 0. The fourth-order valence-electron chi connectivity index (χ4n) is 3.70. The number of carbonyl (C=O) groups excluding carboxylic acids is 1. The first-order valence-corrected chi connectivity index (χ1v) is 8.41. The highest BCUT2D eigenvalue weighted by atomic mass is 35.5. The third-order valence-electron chi connectivity index (χ3n) is 5.04. The van der Waals surface area contributed by atoms with Crippen LogP contribution in [-0.2, 0) is 14.9 Å². The summed E-state index contributed by atoms with van der Waals surface area (Å²) in [6, 6.07) is 10.7. The Morgan fingerprint density at radius 1 is 1.13 bits per heavy atom. The SMILES string of the molecule is Cl.O=C(CN1CCOCC1)NCC1(c2ccccc2)CCCC1. The number of hydrogen-bond acceptors (Lipinski definition) is 3. The van der Waals surface area contributed by atoms with Crippen molar-refractivity contribution < 1.29 is 9.53 Å². The van der Waals surface area contributed by atoms with Gasteiger partial charge in [0.2, 0.25) is 5.91 Å². The molecule has 1 aromatic rings. The van der Waals surface area contributed by atoms with Crippen LogP contribution in [0.4, 0.5) is 0 Å². The van der Waals surface area contributed by atoms with Crippen molar-refractivity contribution in [2.45, 2.75) is 31.1 Å². The van der Waals surface area contributed by atoms with Crippen LogP contribution in [0.25, 0.3) is 0 Å². The number of rotatable bonds is 5. The number of halogens is 1. The number of benzene rings is 1. The highest BCUT2D eigenvalue weighted by Gasteiger charge is 2.35. The molecule has 128 valence electrons. The van der Waals surface area contributed by atoms with E-state index in [1.165, 1.54) is 31.2 Å². The number of morpholine rings is 1. The van der Waals surface area contributed by atoms with Crippen LogP contribution >= 0.6 is 12.4 Å². The summed E-state index contributed by atoms with van der Waals surface area (Å²) in [6.45, 7) is 4.45. The molecule has 1 aromatic carbocycles. The molecule has 1 N–H and O–H groups in total. The first-order chi connectivity index (χ1) is 10.8. The number of nitrogens with one attached hydrogen (secondary N) is 1. The van der Waals surface area contributed by atoms with E-state index < -0.39 is 0 Å². The molecule has 0 radical (unpaired) electrons. The van der Waals surface area contributed by atoms with Gasteiger partial charge in [-0.3, -0.25) is 9.69 Å². The van der Waals surface area contributed by atoms with Gasteiger partial charge in [0.25, 0.3) is 0 Å². The Morgan fingerprint density at radius 3 is 2.43 bits per heavy atom. The molecular weight excluding hydrogens is 312 g/mol. The predicted octanol–water partition coefficient (Wildman–Crippen LogP) is 2.37. The van der Waals surface area contributed by atoms with E-state index in [-0.39, 0.29) is 23.7 Å². The molecule has 0 spiro atoms. The normalized spacial score (nSPS) is 20.7. The fourth-order valence-corrected chi connectivity index (χ4v) is 3.70. The lowest BCUT2D eigenvalue weighted by Crippen LogP contribution is -2.46. The Balaban J connectivity index is 0.00000192. The van der Waals surface area contributed by atoms with Crippen molar-refractivity contribution in [3.05, 3.63) is 35.9 Å². The maximum absolute atomic E-state index is 12.2. The molecule has 5 heteroatoms. The molecule has 0 atom stereocenters. The summed E-state index contributed by atoms with van der Waals surface area (Å²) in [5.74, 6) is 0.143. The Labute approximate surface area is 145 Å². The number of carbonyl (C=O) groups is 1. The van der Waals surface area contributed by atoms with Crippen LogP contribution in [0.1, 0.15) is 31.2 Å². The Morgan fingerprint density at radius 2 is 1.78 bits per heavy atom. The van der Waals surface area contributed by atoms with E-state index in [1.54, 1.807) is 0 Å². The zero-order chi connectivity index (χ0) is 15.3. The molecule has 3 rings (SSSR count). The third-order valence-corrected chi connectivity index (χ3v) is 5.04. The van der Waals surface area contributed by atoms with Crippen molar-refractivity contribution in [2.24, 2.45) is 0 Å². The minimum Gasteiger partial charge on any atom is -0.379 e. The number of nitrogens with zero attached hydrogens (tertiary/aromatic N) is 1. The molecule has 0 aromatic heterocycles. The molecule has 0 bridgehead atoms. The summed E-state index contributed by atoms with van der Waals surface area (Å²) in [4.78, 5) is 14.4. The fraction of sp³-hybridized carbons (Fsp3) is 0.611. The van der Waals surface area contributed by atoms with E-state index in [0.29, 0.717) is 6.54 Å². The lowest BCUT2D eigenvalue weighted by molar-refractivity contribution is -0.123. The zero-order valence-electron chi connectivity index (χ0n) is 13.6. The molecule has 2 fully saturated rings. The summed E-state index contributed by atoms with van der Waals surface area (Å²) in [5.41, 5.74) is 1.52. The van der Waals surface area contributed by atoms with E-state index in [4.69, 9.17) is 4.74 Å². The van der Waals surface area contributed by atoms with Crippen molar-refractivity contribution in [1.29, 1.82) is 0 Å². The first-order valence-electron chi connectivity index (χ1n) is 8.41. The van der Waals surface area contributed by atoms with Gasteiger partial charge < -0.3 is 10.1 Å². The maximum Gasteiger partial charge on any atom is 0.234 e. The van der Waals surface area contributed by atoms with Crippen LogP contribution < -0.4 is 5.32 Å². The van der Waals surface area contributed by atoms with Gasteiger partial charge in [-0.15, -0.1) is 12.4 Å². The maximum atomic E-state index is 12.2. The van der Waals surface area contributed by atoms with E-state index in [1.807, 2.05) is 0 Å². The third kappa shape index (κ3) is 4.69.